The zero-order chi connectivity index (χ0) is 17.6. The van der Waals surface area contributed by atoms with Gasteiger partial charge in [0.15, 0.2) is 0 Å². The Morgan fingerprint density at radius 3 is 2.28 bits per heavy atom. The summed E-state index contributed by atoms with van der Waals surface area (Å²) >= 11 is 0. The van der Waals surface area contributed by atoms with Gasteiger partial charge in [0.1, 0.15) is 12.6 Å². The Morgan fingerprint density at radius 2 is 1.60 bits per heavy atom. The van der Waals surface area contributed by atoms with Crippen molar-refractivity contribution in [3.63, 3.8) is 0 Å². The highest BCUT2D eigenvalue weighted by molar-refractivity contribution is 6.43. The summed E-state index contributed by atoms with van der Waals surface area (Å²) in [5.74, 6) is -1.70. The van der Waals surface area contributed by atoms with E-state index in [1.807, 2.05) is 30.3 Å². The number of carbonyl (C=O) groups excluding carboxylic acids is 3. The van der Waals surface area contributed by atoms with E-state index in [9.17, 15) is 14.4 Å². The second-order valence-corrected chi connectivity index (χ2v) is 5.95. The molecule has 0 saturated carbocycles. The van der Waals surface area contributed by atoms with Gasteiger partial charge in [-0.05, 0) is 18.4 Å². The highest BCUT2D eigenvalue weighted by Gasteiger charge is 2.38. The van der Waals surface area contributed by atoms with Gasteiger partial charge in [0.05, 0.1) is 0 Å². The summed E-state index contributed by atoms with van der Waals surface area (Å²) in [5.41, 5.74) is 1.21. The fourth-order valence-corrected chi connectivity index (χ4v) is 2.92. The van der Waals surface area contributed by atoms with Crippen LogP contribution in [0.4, 0.5) is 0 Å². The van der Waals surface area contributed by atoms with Crippen molar-refractivity contribution in [1.82, 2.24) is 4.90 Å². The molecule has 1 heterocycles. The van der Waals surface area contributed by atoms with Crippen molar-refractivity contribution in [2.24, 2.45) is 0 Å². The summed E-state index contributed by atoms with van der Waals surface area (Å²) in [5, 5.41) is 0. The van der Waals surface area contributed by atoms with Gasteiger partial charge in [0.25, 0.3) is 5.91 Å². The highest BCUT2D eigenvalue weighted by atomic mass is 16.5. The first kappa shape index (κ1) is 16.9. The van der Waals surface area contributed by atoms with Crippen molar-refractivity contribution in [3.05, 3.63) is 71.8 Å². The average Bonchev–Trinajstić information content (AvgIpc) is 3.16. The van der Waals surface area contributed by atoms with Crippen molar-refractivity contribution < 1.29 is 19.1 Å². The van der Waals surface area contributed by atoms with Crippen molar-refractivity contribution in [3.8, 4) is 0 Å². The number of ketones is 1. The van der Waals surface area contributed by atoms with Gasteiger partial charge in [0, 0.05) is 12.1 Å². The summed E-state index contributed by atoms with van der Waals surface area (Å²) in [6.07, 6.45) is 1.19. The van der Waals surface area contributed by atoms with Crippen molar-refractivity contribution >= 4 is 17.7 Å². The summed E-state index contributed by atoms with van der Waals surface area (Å²) in [6, 6.07) is 17.0. The van der Waals surface area contributed by atoms with E-state index in [2.05, 4.69) is 0 Å². The Hall–Kier alpha value is -2.95. The molecule has 2 aromatic rings. The fourth-order valence-electron chi connectivity index (χ4n) is 2.92. The molecular weight excluding hydrogens is 318 g/mol. The van der Waals surface area contributed by atoms with E-state index in [0.717, 1.165) is 5.56 Å². The first-order chi connectivity index (χ1) is 12.2. The number of likely N-dealkylation sites (tertiary alicyclic amines) is 1. The maximum Gasteiger partial charge on any atom is 0.329 e. The Bertz CT molecular complexity index is 758. The fraction of sp³-hybridized carbons (Fsp3) is 0.250. The molecule has 3 rings (SSSR count). The van der Waals surface area contributed by atoms with Crippen molar-refractivity contribution in [1.29, 1.82) is 0 Å². The standard InChI is InChI=1S/C20H19NO4/c22-18(16-10-5-2-6-11-16)19(23)21-13-7-12-17(21)20(24)25-14-15-8-3-1-4-9-15/h1-6,8-11,17H,7,12-14H2/t17-/m1/s1. The van der Waals surface area contributed by atoms with E-state index in [1.54, 1.807) is 30.3 Å². The molecular formula is C20H19NO4. The van der Waals surface area contributed by atoms with Gasteiger partial charge in [-0.1, -0.05) is 60.7 Å². The smallest absolute Gasteiger partial charge is 0.329 e. The molecule has 0 aliphatic carbocycles. The molecule has 128 valence electrons. The van der Waals surface area contributed by atoms with Crippen LogP contribution >= 0.6 is 0 Å². The van der Waals surface area contributed by atoms with Crippen molar-refractivity contribution in [2.45, 2.75) is 25.5 Å². The molecule has 0 aromatic heterocycles. The Kier molecular flexibility index (Phi) is 5.23. The van der Waals surface area contributed by atoms with Crippen LogP contribution in [-0.4, -0.2) is 35.1 Å². The van der Waals surface area contributed by atoms with E-state index in [1.165, 1.54) is 4.90 Å². The second-order valence-electron chi connectivity index (χ2n) is 5.95. The SMILES string of the molecule is O=C(C(=O)N1CCC[C@@H]1C(=O)OCc1ccccc1)c1ccccc1. The predicted molar refractivity (Wildman–Crippen MR) is 91.7 cm³/mol. The van der Waals surface area contributed by atoms with Crippen LogP contribution in [0.5, 0.6) is 0 Å². The minimum absolute atomic E-state index is 0.158. The number of nitrogens with zero attached hydrogens (tertiary/aromatic N) is 1. The molecule has 1 fully saturated rings. The number of Topliss-reactive ketones (excluding diaryl/α,β-unsaturated/α-hetero) is 1. The molecule has 1 aliphatic rings. The van der Waals surface area contributed by atoms with Crippen LogP contribution in [0, 0.1) is 0 Å². The third-order valence-corrected chi connectivity index (χ3v) is 4.24. The molecule has 1 aliphatic heterocycles. The van der Waals surface area contributed by atoms with E-state index in [0.29, 0.717) is 24.9 Å². The van der Waals surface area contributed by atoms with E-state index < -0.39 is 23.7 Å². The molecule has 0 radical (unpaired) electrons. The largest absolute Gasteiger partial charge is 0.459 e. The number of carbonyl (C=O) groups is 3. The normalized spacial score (nSPS) is 16.5. The summed E-state index contributed by atoms with van der Waals surface area (Å²) < 4.78 is 5.33. The monoisotopic (exact) mass is 337 g/mol. The number of hydrogen-bond acceptors (Lipinski definition) is 4. The van der Waals surface area contributed by atoms with Crippen LogP contribution in [0.1, 0.15) is 28.8 Å². The first-order valence-electron chi connectivity index (χ1n) is 8.28. The first-order valence-corrected chi connectivity index (χ1v) is 8.28. The topological polar surface area (TPSA) is 63.7 Å². The van der Waals surface area contributed by atoms with Crippen molar-refractivity contribution in [2.75, 3.05) is 6.54 Å². The maximum atomic E-state index is 12.5. The molecule has 0 bridgehead atoms. The third-order valence-electron chi connectivity index (χ3n) is 4.24. The zero-order valence-corrected chi connectivity index (χ0v) is 13.8. The molecule has 5 heteroatoms. The van der Waals surface area contributed by atoms with Crippen LogP contribution in [0.25, 0.3) is 0 Å². The van der Waals surface area contributed by atoms with Gasteiger partial charge in [-0.15, -0.1) is 0 Å². The second kappa shape index (κ2) is 7.75. The Labute approximate surface area is 146 Å². The van der Waals surface area contributed by atoms with Crippen LogP contribution in [-0.2, 0) is 20.9 Å². The predicted octanol–water partition coefficient (Wildman–Crippen LogP) is 2.60. The van der Waals surface area contributed by atoms with Gasteiger partial charge in [-0.25, -0.2) is 4.79 Å². The molecule has 25 heavy (non-hydrogen) atoms. The molecule has 0 N–H and O–H groups in total. The molecule has 2 aromatic carbocycles. The van der Waals surface area contributed by atoms with Crippen LogP contribution in [0.15, 0.2) is 60.7 Å². The molecule has 1 amide bonds. The van der Waals surface area contributed by atoms with Gasteiger partial charge in [-0.2, -0.15) is 0 Å². The summed E-state index contributed by atoms with van der Waals surface area (Å²) in [4.78, 5) is 38.5. The van der Waals surface area contributed by atoms with Crippen LogP contribution < -0.4 is 0 Å². The lowest BCUT2D eigenvalue weighted by Gasteiger charge is -2.22. The minimum Gasteiger partial charge on any atom is -0.459 e. The number of rotatable bonds is 5. The number of hydrogen-bond donors (Lipinski definition) is 0. The highest BCUT2D eigenvalue weighted by Crippen LogP contribution is 2.20. The summed E-state index contributed by atoms with van der Waals surface area (Å²) in [7, 11) is 0. The van der Waals surface area contributed by atoms with Crippen LogP contribution in [0.2, 0.25) is 0 Å². The maximum absolute atomic E-state index is 12.5. The lowest BCUT2D eigenvalue weighted by atomic mass is 10.1. The molecule has 5 nitrogen and oxygen atoms in total. The van der Waals surface area contributed by atoms with Gasteiger partial charge < -0.3 is 9.64 Å². The van der Waals surface area contributed by atoms with Gasteiger partial charge in [-0.3, -0.25) is 9.59 Å². The van der Waals surface area contributed by atoms with Gasteiger partial charge >= 0.3 is 5.97 Å². The molecule has 0 unspecified atom stereocenters. The molecule has 0 spiro atoms. The number of amides is 1. The van der Waals surface area contributed by atoms with E-state index in [-0.39, 0.29) is 6.61 Å². The molecule has 1 saturated heterocycles. The number of ether oxygens (including phenoxy) is 1. The third kappa shape index (κ3) is 3.94. The van der Waals surface area contributed by atoms with Gasteiger partial charge in [0.2, 0.25) is 5.78 Å². The quantitative estimate of drug-likeness (QED) is 0.478. The zero-order valence-electron chi connectivity index (χ0n) is 13.8. The average molecular weight is 337 g/mol. The number of benzene rings is 2. The minimum atomic E-state index is -0.691. The van der Waals surface area contributed by atoms with E-state index >= 15 is 0 Å². The Morgan fingerprint density at radius 1 is 0.960 bits per heavy atom. The van der Waals surface area contributed by atoms with Crippen LogP contribution in [0.3, 0.4) is 0 Å². The molecule has 1 atom stereocenters. The van der Waals surface area contributed by atoms with E-state index in [4.69, 9.17) is 4.74 Å². The number of esters is 1. The summed E-state index contributed by atoms with van der Waals surface area (Å²) in [6.45, 7) is 0.549. The lowest BCUT2D eigenvalue weighted by Crippen LogP contribution is -2.44. The lowest BCUT2D eigenvalue weighted by molar-refractivity contribution is -0.153. The Balaban J connectivity index is 1.64.